The van der Waals surface area contributed by atoms with Crippen LogP contribution >= 0.6 is 0 Å². The Kier molecular flexibility index (Phi) is 7.95. The number of aliphatic imine (C=N–C) groups is 1. The van der Waals surface area contributed by atoms with Crippen LogP contribution < -0.4 is 16.0 Å². The van der Waals surface area contributed by atoms with Crippen LogP contribution in [0.2, 0.25) is 0 Å². The van der Waals surface area contributed by atoms with Crippen LogP contribution in [0.5, 0.6) is 0 Å². The van der Waals surface area contributed by atoms with Crippen LogP contribution in [0.25, 0.3) is 0 Å². The van der Waals surface area contributed by atoms with Gasteiger partial charge in [-0.25, -0.2) is 0 Å². The lowest BCUT2D eigenvalue weighted by atomic mass is 10.1. The van der Waals surface area contributed by atoms with Crippen LogP contribution in [0.3, 0.4) is 0 Å². The Morgan fingerprint density at radius 3 is 2.64 bits per heavy atom. The largest absolute Gasteiger partial charge is 0.356 e. The molecule has 0 spiro atoms. The van der Waals surface area contributed by atoms with Crippen molar-refractivity contribution in [1.29, 1.82) is 0 Å². The molecule has 0 atom stereocenters. The van der Waals surface area contributed by atoms with Gasteiger partial charge in [-0.2, -0.15) is 0 Å². The van der Waals surface area contributed by atoms with Gasteiger partial charge in [0.1, 0.15) is 0 Å². The van der Waals surface area contributed by atoms with Crippen LogP contribution in [-0.4, -0.2) is 61.9 Å². The highest BCUT2D eigenvalue weighted by Gasteiger charge is 2.08. The van der Waals surface area contributed by atoms with Gasteiger partial charge in [0.2, 0.25) is 5.91 Å². The quantitative estimate of drug-likeness (QED) is 0.493. The molecule has 2 aromatic rings. The van der Waals surface area contributed by atoms with Crippen molar-refractivity contribution in [3.63, 3.8) is 0 Å². The van der Waals surface area contributed by atoms with E-state index in [2.05, 4.69) is 25.9 Å². The van der Waals surface area contributed by atoms with Crippen molar-refractivity contribution in [2.45, 2.75) is 6.42 Å². The summed E-state index contributed by atoms with van der Waals surface area (Å²) >= 11 is 0. The number of pyridine rings is 1. The van der Waals surface area contributed by atoms with E-state index in [1.54, 1.807) is 56.6 Å². The predicted octanol–water partition coefficient (Wildman–Crippen LogP) is 1.13. The van der Waals surface area contributed by atoms with Gasteiger partial charge in [0.15, 0.2) is 5.96 Å². The maximum atomic E-state index is 12.0. The number of hydrogen-bond acceptors (Lipinski definition) is 4. The molecule has 0 aliphatic rings. The van der Waals surface area contributed by atoms with Crippen LogP contribution in [0, 0.1) is 0 Å². The number of nitrogens with zero attached hydrogens (tertiary/aromatic N) is 3. The summed E-state index contributed by atoms with van der Waals surface area (Å²) in [5.74, 6) is 0.319. The number of carbonyl (C=O) groups excluding carboxylic acids is 2. The zero-order chi connectivity index (χ0) is 20.4. The van der Waals surface area contributed by atoms with Crippen LogP contribution in [0.4, 0.5) is 5.69 Å². The first-order valence-electron chi connectivity index (χ1n) is 8.94. The normalized spacial score (nSPS) is 10.9. The Labute approximate surface area is 165 Å². The van der Waals surface area contributed by atoms with E-state index in [1.165, 1.54) is 0 Å². The number of guanidine groups is 1. The number of anilines is 1. The average molecular weight is 382 g/mol. The molecule has 0 aliphatic heterocycles. The molecule has 148 valence electrons. The van der Waals surface area contributed by atoms with E-state index >= 15 is 0 Å². The van der Waals surface area contributed by atoms with Crippen molar-refractivity contribution in [2.75, 3.05) is 39.5 Å². The third kappa shape index (κ3) is 6.71. The van der Waals surface area contributed by atoms with Gasteiger partial charge >= 0.3 is 0 Å². The standard InChI is InChI=1S/C20H26N6O2/c1-21-20(24-14-18(27)25-17-8-5-10-22-13-17)23-11-9-15-6-4-7-16(12-15)19(28)26(2)3/h4-8,10,12-13H,9,11,14H2,1-3H3,(H,25,27)(H2,21,23,24). The molecule has 0 saturated carbocycles. The summed E-state index contributed by atoms with van der Waals surface area (Å²) in [4.78, 5) is 33.6. The van der Waals surface area contributed by atoms with Crippen LogP contribution in [0.15, 0.2) is 53.8 Å². The molecule has 8 heteroatoms. The molecule has 0 unspecified atom stereocenters. The van der Waals surface area contributed by atoms with Crippen LogP contribution in [-0.2, 0) is 11.2 Å². The van der Waals surface area contributed by atoms with Gasteiger partial charge < -0.3 is 20.9 Å². The molecule has 1 aromatic carbocycles. The Bertz CT molecular complexity index is 820. The molecule has 0 bridgehead atoms. The predicted molar refractivity (Wildman–Crippen MR) is 110 cm³/mol. The molecular weight excluding hydrogens is 356 g/mol. The highest BCUT2D eigenvalue weighted by atomic mass is 16.2. The molecule has 1 aromatic heterocycles. The first-order valence-corrected chi connectivity index (χ1v) is 8.94. The minimum atomic E-state index is -0.189. The van der Waals surface area contributed by atoms with E-state index in [0.717, 1.165) is 12.0 Å². The number of amides is 2. The van der Waals surface area contributed by atoms with E-state index in [9.17, 15) is 9.59 Å². The number of benzene rings is 1. The topological polar surface area (TPSA) is 98.7 Å². The minimum Gasteiger partial charge on any atom is -0.356 e. The van der Waals surface area contributed by atoms with Gasteiger partial charge in [-0.15, -0.1) is 0 Å². The molecule has 2 amide bonds. The molecule has 2 rings (SSSR count). The van der Waals surface area contributed by atoms with Gasteiger partial charge in [0.25, 0.3) is 5.91 Å². The summed E-state index contributed by atoms with van der Waals surface area (Å²) in [5, 5.41) is 8.87. The second kappa shape index (κ2) is 10.7. The summed E-state index contributed by atoms with van der Waals surface area (Å²) in [6, 6.07) is 11.1. The Morgan fingerprint density at radius 1 is 1.14 bits per heavy atom. The SMILES string of the molecule is CN=C(NCCc1cccc(C(=O)N(C)C)c1)NCC(=O)Nc1cccnc1. The fourth-order valence-electron chi connectivity index (χ4n) is 2.47. The second-order valence-electron chi connectivity index (χ2n) is 6.29. The monoisotopic (exact) mass is 382 g/mol. The molecule has 0 fully saturated rings. The number of aromatic nitrogens is 1. The van der Waals surface area contributed by atoms with Gasteiger partial charge in [0.05, 0.1) is 18.4 Å². The van der Waals surface area contributed by atoms with Crippen molar-refractivity contribution >= 4 is 23.5 Å². The second-order valence-corrected chi connectivity index (χ2v) is 6.29. The van der Waals surface area contributed by atoms with E-state index in [4.69, 9.17) is 0 Å². The first kappa shape index (κ1) is 20.9. The summed E-state index contributed by atoms with van der Waals surface area (Å²) in [6.45, 7) is 0.699. The molecule has 0 saturated heterocycles. The Hall–Kier alpha value is -3.42. The lowest BCUT2D eigenvalue weighted by molar-refractivity contribution is -0.115. The zero-order valence-corrected chi connectivity index (χ0v) is 16.4. The molecular formula is C20H26N6O2. The summed E-state index contributed by atoms with van der Waals surface area (Å²) in [5.41, 5.74) is 2.35. The smallest absolute Gasteiger partial charge is 0.253 e. The maximum Gasteiger partial charge on any atom is 0.253 e. The molecule has 0 radical (unpaired) electrons. The van der Waals surface area contributed by atoms with Gasteiger partial charge in [0, 0.05) is 39.4 Å². The molecule has 0 aliphatic carbocycles. The number of carbonyl (C=O) groups is 2. The zero-order valence-electron chi connectivity index (χ0n) is 16.4. The number of rotatable bonds is 7. The van der Waals surface area contributed by atoms with Crippen LogP contribution in [0.1, 0.15) is 15.9 Å². The molecule has 28 heavy (non-hydrogen) atoms. The van der Waals surface area contributed by atoms with Crippen molar-refractivity contribution in [2.24, 2.45) is 4.99 Å². The van der Waals surface area contributed by atoms with E-state index in [1.807, 2.05) is 18.2 Å². The van der Waals surface area contributed by atoms with E-state index in [-0.39, 0.29) is 18.4 Å². The van der Waals surface area contributed by atoms with E-state index in [0.29, 0.717) is 23.8 Å². The minimum absolute atomic E-state index is 0.0214. The van der Waals surface area contributed by atoms with Gasteiger partial charge in [-0.3, -0.25) is 19.6 Å². The lowest BCUT2D eigenvalue weighted by Gasteiger charge is -2.13. The van der Waals surface area contributed by atoms with Crippen molar-refractivity contribution in [3.05, 3.63) is 59.9 Å². The molecule has 8 nitrogen and oxygen atoms in total. The average Bonchev–Trinajstić information content (AvgIpc) is 2.70. The number of hydrogen-bond donors (Lipinski definition) is 3. The van der Waals surface area contributed by atoms with E-state index < -0.39 is 0 Å². The van der Waals surface area contributed by atoms with Gasteiger partial charge in [-0.1, -0.05) is 12.1 Å². The summed E-state index contributed by atoms with van der Waals surface area (Å²) in [6.07, 6.45) is 3.95. The fourth-order valence-corrected chi connectivity index (χ4v) is 2.47. The number of nitrogens with one attached hydrogen (secondary N) is 3. The Morgan fingerprint density at radius 2 is 1.96 bits per heavy atom. The first-order chi connectivity index (χ1) is 13.5. The third-order valence-corrected chi connectivity index (χ3v) is 3.87. The fraction of sp³-hybridized carbons (Fsp3) is 0.300. The highest BCUT2D eigenvalue weighted by molar-refractivity contribution is 5.95. The van der Waals surface area contributed by atoms with Crippen molar-refractivity contribution < 1.29 is 9.59 Å². The Balaban J connectivity index is 1.77. The maximum absolute atomic E-state index is 12.0. The molecule has 3 N–H and O–H groups in total. The molecule has 1 heterocycles. The van der Waals surface area contributed by atoms with Gasteiger partial charge in [-0.05, 0) is 36.2 Å². The van der Waals surface area contributed by atoms with Crippen molar-refractivity contribution in [3.8, 4) is 0 Å². The lowest BCUT2D eigenvalue weighted by Crippen LogP contribution is -2.42. The summed E-state index contributed by atoms with van der Waals surface area (Å²) < 4.78 is 0. The summed E-state index contributed by atoms with van der Waals surface area (Å²) in [7, 11) is 5.11. The third-order valence-electron chi connectivity index (χ3n) is 3.87. The van der Waals surface area contributed by atoms with Crippen molar-refractivity contribution in [1.82, 2.24) is 20.5 Å². The highest BCUT2D eigenvalue weighted by Crippen LogP contribution is 2.07.